The quantitative estimate of drug-likeness (QED) is 0.148. The van der Waals surface area contributed by atoms with Crippen molar-refractivity contribution in [2.45, 2.75) is 129 Å². The van der Waals surface area contributed by atoms with Crippen LogP contribution in [-0.4, -0.2) is 0 Å². The molecule has 0 amide bonds. The summed E-state index contributed by atoms with van der Waals surface area (Å²) in [4.78, 5) is 0. The fourth-order valence-corrected chi connectivity index (χ4v) is 5.42. The first-order chi connectivity index (χ1) is 17.8. The minimum absolute atomic E-state index is 1.22. The maximum absolute atomic E-state index is 2.41. The molecule has 0 aliphatic heterocycles. The number of benzene rings is 3. The van der Waals surface area contributed by atoms with Crippen LogP contribution in [0.3, 0.4) is 0 Å². The number of fused-ring (bicyclic) bond motifs is 1. The maximum atomic E-state index is 2.41. The molecule has 0 N–H and O–H groups in total. The van der Waals surface area contributed by atoms with Crippen LogP contribution in [0.15, 0.2) is 60.7 Å². The van der Waals surface area contributed by atoms with Crippen LogP contribution in [-0.2, 0) is 12.8 Å². The molecule has 0 atom stereocenters. The van der Waals surface area contributed by atoms with Gasteiger partial charge in [-0.1, -0.05) is 158 Å². The van der Waals surface area contributed by atoms with Gasteiger partial charge in [0.05, 0.1) is 0 Å². The molecule has 0 aliphatic carbocycles. The van der Waals surface area contributed by atoms with E-state index < -0.39 is 0 Å². The topological polar surface area (TPSA) is 0 Å². The fraction of sp³-hybridized carbons (Fsp3) is 0.556. The zero-order chi connectivity index (χ0) is 25.3. The van der Waals surface area contributed by atoms with Crippen molar-refractivity contribution in [3.63, 3.8) is 0 Å². The molecule has 0 unspecified atom stereocenters. The Bertz CT molecular complexity index is 965. The molecular weight excluding hydrogens is 432 g/mol. The smallest absolute Gasteiger partial charge is 0.0178 e. The van der Waals surface area contributed by atoms with E-state index in [1.807, 2.05) is 0 Å². The highest BCUT2D eigenvalue weighted by molar-refractivity contribution is 5.87. The molecule has 0 fully saturated rings. The lowest BCUT2D eigenvalue weighted by molar-refractivity contribution is 0.575. The Hall–Kier alpha value is -2.08. The fourth-order valence-electron chi connectivity index (χ4n) is 5.42. The van der Waals surface area contributed by atoms with Crippen LogP contribution in [0.1, 0.15) is 128 Å². The van der Waals surface area contributed by atoms with E-state index in [2.05, 4.69) is 74.5 Å². The van der Waals surface area contributed by atoms with Crippen molar-refractivity contribution >= 4 is 10.8 Å². The Kier molecular flexibility index (Phi) is 13.8. The molecule has 3 aromatic rings. The summed E-state index contributed by atoms with van der Waals surface area (Å²) in [6, 6.07) is 23.4. The van der Waals surface area contributed by atoms with Crippen LogP contribution in [0, 0.1) is 0 Å². The highest BCUT2D eigenvalue weighted by Gasteiger charge is 2.03. The van der Waals surface area contributed by atoms with E-state index in [0.717, 1.165) is 0 Å². The normalized spacial score (nSPS) is 11.4. The molecule has 3 aromatic carbocycles. The van der Waals surface area contributed by atoms with E-state index in [9.17, 15) is 0 Å². The van der Waals surface area contributed by atoms with Crippen molar-refractivity contribution in [1.29, 1.82) is 0 Å². The second-order valence-electron chi connectivity index (χ2n) is 11.0. The first-order valence-electron chi connectivity index (χ1n) is 15.4. The van der Waals surface area contributed by atoms with Gasteiger partial charge >= 0.3 is 0 Å². The molecule has 0 saturated heterocycles. The van der Waals surface area contributed by atoms with Gasteiger partial charge < -0.3 is 0 Å². The highest BCUT2D eigenvalue weighted by atomic mass is 14.1. The van der Waals surface area contributed by atoms with E-state index in [1.165, 1.54) is 149 Å². The third kappa shape index (κ3) is 10.5. The molecule has 0 radical (unpaired) electrons. The van der Waals surface area contributed by atoms with Crippen molar-refractivity contribution in [3.8, 4) is 11.1 Å². The molecule has 0 saturated carbocycles. The number of unbranched alkanes of at least 4 members (excludes halogenated alkanes) is 14. The first kappa shape index (κ1) is 28.5. The molecule has 0 nitrogen and oxygen atoms in total. The summed E-state index contributed by atoms with van der Waals surface area (Å²) in [5.74, 6) is 0. The van der Waals surface area contributed by atoms with Crippen LogP contribution in [0.2, 0.25) is 0 Å². The number of aryl methyl sites for hydroxylation is 2. The molecule has 3 rings (SSSR count). The maximum Gasteiger partial charge on any atom is -0.0178 e. The Balaban J connectivity index is 1.41. The summed E-state index contributed by atoms with van der Waals surface area (Å²) in [5.41, 5.74) is 5.64. The monoisotopic (exact) mass is 484 g/mol. The largest absolute Gasteiger partial charge is 0.0654 e. The van der Waals surface area contributed by atoms with E-state index in [-0.39, 0.29) is 0 Å². The lowest BCUT2D eigenvalue weighted by atomic mass is 9.97. The van der Waals surface area contributed by atoms with Gasteiger partial charge in [0.25, 0.3) is 0 Å². The summed E-state index contributed by atoms with van der Waals surface area (Å²) < 4.78 is 0. The van der Waals surface area contributed by atoms with Gasteiger partial charge in [0.15, 0.2) is 0 Å². The predicted molar refractivity (Wildman–Crippen MR) is 162 cm³/mol. The second-order valence-corrected chi connectivity index (χ2v) is 11.0. The molecular formula is C36H52. The predicted octanol–water partition coefficient (Wildman–Crippen LogP) is 11.9. The molecule has 0 aliphatic rings. The Labute approximate surface area is 222 Å². The van der Waals surface area contributed by atoms with E-state index in [4.69, 9.17) is 0 Å². The third-order valence-electron chi connectivity index (χ3n) is 7.83. The standard InChI is InChI=1S/C36H52/c1-3-5-7-9-11-13-15-17-19-31-21-24-33(25-22-31)35-28-27-34-29-32(23-26-36(34)30-35)20-18-16-14-12-10-8-6-4-2/h21-30H,3-20H2,1-2H3. The third-order valence-corrected chi connectivity index (χ3v) is 7.83. The minimum atomic E-state index is 1.22. The van der Waals surface area contributed by atoms with Gasteiger partial charge in [0, 0.05) is 0 Å². The molecule has 0 spiro atoms. The van der Waals surface area contributed by atoms with Crippen LogP contribution >= 0.6 is 0 Å². The first-order valence-corrected chi connectivity index (χ1v) is 15.4. The average Bonchev–Trinajstić information content (AvgIpc) is 2.91. The molecule has 0 bridgehead atoms. The molecule has 36 heavy (non-hydrogen) atoms. The van der Waals surface area contributed by atoms with Gasteiger partial charge in [-0.25, -0.2) is 0 Å². The van der Waals surface area contributed by atoms with E-state index in [0.29, 0.717) is 0 Å². The lowest BCUT2D eigenvalue weighted by Crippen LogP contribution is -1.88. The van der Waals surface area contributed by atoms with Crippen LogP contribution in [0.5, 0.6) is 0 Å². The average molecular weight is 485 g/mol. The summed E-state index contributed by atoms with van der Waals surface area (Å²) >= 11 is 0. The summed E-state index contributed by atoms with van der Waals surface area (Å²) in [5, 5.41) is 2.73. The second kappa shape index (κ2) is 17.4. The molecule has 0 aromatic heterocycles. The SMILES string of the molecule is CCCCCCCCCCc1ccc(-c2ccc3cc(CCCCCCCCCC)ccc3c2)cc1. The zero-order valence-electron chi connectivity index (χ0n) is 23.5. The summed E-state index contributed by atoms with van der Waals surface area (Å²) in [6.45, 7) is 4.58. The van der Waals surface area contributed by atoms with Crippen molar-refractivity contribution in [2.24, 2.45) is 0 Å². The molecule has 0 heteroatoms. The molecule has 0 heterocycles. The minimum Gasteiger partial charge on any atom is -0.0654 e. The van der Waals surface area contributed by atoms with Crippen LogP contribution in [0.4, 0.5) is 0 Å². The van der Waals surface area contributed by atoms with Crippen molar-refractivity contribution in [3.05, 3.63) is 71.8 Å². The van der Waals surface area contributed by atoms with Gasteiger partial charge in [-0.3, -0.25) is 0 Å². The lowest BCUT2D eigenvalue weighted by Gasteiger charge is -2.08. The Morgan fingerprint density at radius 2 is 0.778 bits per heavy atom. The van der Waals surface area contributed by atoms with E-state index in [1.54, 1.807) is 0 Å². The number of rotatable bonds is 19. The molecule has 196 valence electrons. The number of hydrogen-bond acceptors (Lipinski definition) is 0. The van der Waals surface area contributed by atoms with Gasteiger partial charge in [0.1, 0.15) is 0 Å². The van der Waals surface area contributed by atoms with Gasteiger partial charge in [-0.05, 0) is 64.8 Å². The van der Waals surface area contributed by atoms with Gasteiger partial charge in [-0.2, -0.15) is 0 Å². The Morgan fingerprint density at radius 1 is 0.361 bits per heavy atom. The summed E-state index contributed by atoms with van der Waals surface area (Å²) in [7, 11) is 0. The van der Waals surface area contributed by atoms with Gasteiger partial charge in [-0.15, -0.1) is 0 Å². The Morgan fingerprint density at radius 3 is 1.36 bits per heavy atom. The van der Waals surface area contributed by atoms with Crippen molar-refractivity contribution < 1.29 is 0 Å². The van der Waals surface area contributed by atoms with Gasteiger partial charge in [0.2, 0.25) is 0 Å². The highest BCUT2D eigenvalue weighted by Crippen LogP contribution is 2.26. The van der Waals surface area contributed by atoms with Crippen LogP contribution in [0.25, 0.3) is 21.9 Å². The number of hydrogen-bond donors (Lipinski definition) is 0. The van der Waals surface area contributed by atoms with E-state index >= 15 is 0 Å². The van der Waals surface area contributed by atoms with Crippen molar-refractivity contribution in [1.82, 2.24) is 0 Å². The van der Waals surface area contributed by atoms with Crippen molar-refractivity contribution in [2.75, 3.05) is 0 Å². The zero-order valence-corrected chi connectivity index (χ0v) is 23.5. The van der Waals surface area contributed by atoms with Crippen LogP contribution < -0.4 is 0 Å². The summed E-state index contributed by atoms with van der Waals surface area (Å²) in [6.07, 6.45) is 24.7.